The van der Waals surface area contributed by atoms with E-state index < -0.39 is 0 Å². The number of ether oxygens (including phenoxy) is 1. The first-order valence-corrected chi connectivity index (χ1v) is 8.13. The van der Waals surface area contributed by atoms with Gasteiger partial charge >= 0.3 is 0 Å². The highest BCUT2D eigenvalue weighted by molar-refractivity contribution is 5.27. The van der Waals surface area contributed by atoms with Crippen molar-refractivity contribution in [1.29, 1.82) is 0 Å². The molecule has 0 aromatic heterocycles. The first-order valence-electron chi connectivity index (χ1n) is 8.13. The Kier molecular flexibility index (Phi) is 5.80. The molecule has 1 N–H and O–H groups in total. The van der Waals surface area contributed by atoms with Gasteiger partial charge in [0.05, 0.1) is 12.7 Å². The van der Waals surface area contributed by atoms with Crippen LogP contribution in [0.2, 0.25) is 0 Å². The van der Waals surface area contributed by atoms with Crippen LogP contribution >= 0.6 is 0 Å². The summed E-state index contributed by atoms with van der Waals surface area (Å²) in [6, 6.07) is 8.95. The Morgan fingerprint density at radius 1 is 1.24 bits per heavy atom. The van der Waals surface area contributed by atoms with Gasteiger partial charge in [-0.1, -0.05) is 52.0 Å². The lowest BCUT2D eigenvalue weighted by Crippen LogP contribution is -2.46. The fraction of sp³-hybridized carbons (Fsp3) is 0.667. The molecule has 0 spiro atoms. The fourth-order valence-corrected chi connectivity index (χ4v) is 2.69. The zero-order valence-corrected chi connectivity index (χ0v) is 14.0. The monoisotopic (exact) mass is 290 g/mol. The van der Waals surface area contributed by atoms with Crippen molar-refractivity contribution in [2.24, 2.45) is 0 Å². The average Bonchev–Trinajstić information content (AvgIpc) is 2.47. The number of nitrogens with one attached hydrogen (secondary N) is 1. The molecular weight excluding hydrogens is 260 g/mol. The Morgan fingerprint density at radius 2 is 1.95 bits per heavy atom. The van der Waals surface area contributed by atoms with Crippen LogP contribution in [0.5, 0.6) is 0 Å². The first-order chi connectivity index (χ1) is 9.99. The molecule has 0 aliphatic carbocycles. The molecule has 0 amide bonds. The minimum absolute atomic E-state index is 0.228. The number of hydrogen-bond acceptors (Lipinski definition) is 3. The van der Waals surface area contributed by atoms with Gasteiger partial charge in [0.2, 0.25) is 0 Å². The zero-order valence-electron chi connectivity index (χ0n) is 14.0. The van der Waals surface area contributed by atoms with Crippen LogP contribution in [0, 0.1) is 0 Å². The molecule has 2 rings (SSSR count). The zero-order chi connectivity index (χ0) is 15.3. The van der Waals surface area contributed by atoms with Crippen LogP contribution in [-0.4, -0.2) is 43.8 Å². The summed E-state index contributed by atoms with van der Waals surface area (Å²) < 4.78 is 5.81. The normalized spacial score (nSPS) is 20.7. The van der Waals surface area contributed by atoms with Crippen molar-refractivity contribution in [1.82, 2.24) is 10.2 Å². The molecule has 1 atom stereocenters. The number of hydrogen-bond donors (Lipinski definition) is 1. The second-order valence-electron chi connectivity index (χ2n) is 6.96. The van der Waals surface area contributed by atoms with Gasteiger partial charge in [0.15, 0.2) is 0 Å². The molecule has 1 heterocycles. The molecule has 3 nitrogen and oxygen atoms in total. The predicted molar refractivity (Wildman–Crippen MR) is 88.7 cm³/mol. The van der Waals surface area contributed by atoms with E-state index in [0.29, 0.717) is 6.10 Å². The standard InChI is InChI=1S/C18H30N2O/c1-5-20-10-11-21-17(14-20)13-19-12-15-6-8-16(9-7-15)18(2,3)4/h6-9,17,19H,5,10-14H2,1-4H3. The van der Waals surface area contributed by atoms with E-state index in [1.54, 1.807) is 0 Å². The summed E-state index contributed by atoms with van der Waals surface area (Å²) >= 11 is 0. The van der Waals surface area contributed by atoms with Crippen molar-refractivity contribution in [3.63, 3.8) is 0 Å². The lowest BCUT2D eigenvalue weighted by Gasteiger charge is -2.32. The van der Waals surface area contributed by atoms with Crippen molar-refractivity contribution in [2.75, 3.05) is 32.8 Å². The van der Waals surface area contributed by atoms with Crippen LogP contribution in [0.1, 0.15) is 38.8 Å². The maximum Gasteiger partial charge on any atom is 0.0826 e. The summed E-state index contributed by atoms with van der Waals surface area (Å²) in [5.41, 5.74) is 2.96. The Bertz CT molecular complexity index is 422. The summed E-state index contributed by atoms with van der Waals surface area (Å²) in [6.45, 7) is 14.9. The van der Waals surface area contributed by atoms with Crippen LogP contribution in [0.3, 0.4) is 0 Å². The van der Waals surface area contributed by atoms with Crippen LogP contribution in [0.25, 0.3) is 0 Å². The van der Waals surface area contributed by atoms with Crippen LogP contribution in [-0.2, 0) is 16.7 Å². The second-order valence-corrected chi connectivity index (χ2v) is 6.96. The van der Waals surface area contributed by atoms with Gasteiger partial charge in [-0.2, -0.15) is 0 Å². The van der Waals surface area contributed by atoms with E-state index in [9.17, 15) is 0 Å². The summed E-state index contributed by atoms with van der Waals surface area (Å²) in [5, 5.41) is 3.52. The van der Waals surface area contributed by atoms with Crippen molar-refractivity contribution in [2.45, 2.75) is 45.8 Å². The molecular formula is C18H30N2O. The molecule has 1 aliphatic heterocycles. The largest absolute Gasteiger partial charge is 0.374 e. The number of benzene rings is 1. The van der Waals surface area contributed by atoms with E-state index in [0.717, 1.165) is 39.3 Å². The van der Waals surface area contributed by atoms with E-state index in [1.165, 1.54) is 11.1 Å². The Morgan fingerprint density at radius 3 is 2.57 bits per heavy atom. The molecule has 1 aromatic carbocycles. The summed E-state index contributed by atoms with van der Waals surface area (Å²) in [7, 11) is 0. The molecule has 0 radical (unpaired) electrons. The van der Waals surface area contributed by atoms with Crippen LogP contribution in [0.15, 0.2) is 24.3 Å². The van der Waals surface area contributed by atoms with Gasteiger partial charge in [0, 0.05) is 26.2 Å². The Balaban J connectivity index is 1.76. The third-order valence-electron chi connectivity index (χ3n) is 4.19. The molecule has 1 fully saturated rings. The van der Waals surface area contributed by atoms with Crippen LogP contribution in [0.4, 0.5) is 0 Å². The SMILES string of the molecule is CCN1CCOC(CNCc2ccc(C(C)(C)C)cc2)C1. The predicted octanol–water partition coefficient (Wildman–Crippen LogP) is 2.79. The maximum absolute atomic E-state index is 5.81. The third kappa shape index (κ3) is 5.10. The van der Waals surface area contributed by atoms with E-state index in [1.807, 2.05) is 0 Å². The van der Waals surface area contributed by atoms with E-state index in [2.05, 4.69) is 62.2 Å². The molecule has 118 valence electrons. The number of nitrogens with zero attached hydrogens (tertiary/aromatic N) is 1. The minimum atomic E-state index is 0.228. The topological polar surface area (TPSA) is 24.5 Å². The highest BCUT2D eigenvalue weighted by atomic mass is 16.5. The lowest BCUT2D eigenvalue weighted by atomic mass is 9.87. The molecule has 1 unspecified atom stereocenters. The van der Waals surface area contributed by atoms with E-state index in [4.69, 9.17) is 4.74 Å². The molecule has 1 aliphatic rings. The summed E-state index contributed by atoms with van der Waals surface area (Å²) in [5.74, 6) is 0. The van der Waals surface area contributed by atoms with Crippen molar-refractivity contribution >= 4 is 0 Å². The molecule has 1 aromatic rings. The van der Waals surface area contributed by atoms with Crippen molar-refractivity contribution in [3.05, 3.63) is 35.4 Å². The second kappa shape index (κ2) is 7.39. The van der Waals surface area contributed by atoms with E-state index in [-0.39, 0.29) is 5.41 Å². The van der Waals surface area contributed by atoms with Gasteiger partial charge in [0.1, 0.15) is 0 Å². The van der Waals surface area contributed by atoms with Gasteiger partial charge in [-0.15, -0.1) is 0 Å². The Hall–Kier alpha value is -0.900. The van der Waals surface area contributed by atoms with Gasteiger partial charge < -0.3 is 10.1 Å². The number of likely N-dealkylation sites (N-methyl/N-ethyl adjacent to an activating group) is 1. The smallest absolute Gasteiger partial charge is 0.0826 e. The van der Waals surface area contributed by atoms with Gasteiger partial charge in [-0.05, 0) is 23.1 Å². The maximum atomic E-state index is 5.81. The van der Waals surface area contributed by atoms with Crippen LogP contribution < -0.4 is 5.32 Å². The lowest BCUT2D eigenvalue weighted by molar-refractivity contribution is -0.0253. The van der Waals surface area contributed by atoms with Gasteiger partial charge in [0.25, 0.3) is 0 Å². The average molecular weight is 290 g/mol. The fourth-order valence-electron chi connectivity index (χ4n) is 2.69. The number of morpholine rings is 1. The molecule has 0 bridgehead atoms. The summed E-state index contributed by atoms with van der Waals surface area (Å²) in [6.07, 6.45) is 0.326. The highest BCUT2D eigenvalue weighted by Gasteiger charge is 2.18. The minimum Gasteiger partial charge on any atom is -0.374 e. The first kappa shape index (κ1) is 16.5. The molecule has 21 heavy (non-hydrogen) atoms. The summed E-state index contributed by atoms with van der Waals surface area (Å²) in [4.78, 5) is 2.45. The van der Waals surface area contributed by atoms with Crippen molar-refractivity contribution < 1.29 is 4.74 Å². The number of rotatable bonds is 5. The van der Waals surface area contributed by atoms with Gasteiger partial charge in [-0.25, -0.2) is 0 Å². The molecule has 3 heteroatoms. The Labute approximate surface area is 129 Å². The van der Waals surface area contributed by atoms with Crippen molar-refractivity contribution in [3.8, 4) is 0 Å². The molecule has 0 saturated carbocycles. The van der Waals surface area contributed by atoms with Gasteiger partial charge in [-0.3, -0.25) is 4.90 Å². The molecule has 1 saturated heterocycles. The third-order valence-corrected chi connectivity index (χ3v) is 4.19. The highest BCUT2D eigenvalue weighted by Crippen LogP contribution is 2.22. The van der Waals surface area contributed by atoms with E-state index >= 15 is 0 Å². The quantitative estimate of drug-likeness (QED) is 0.902.